The zero-order chi connectivity index (χ0) is 16.1. The van der Waals surface area contributed by atoms with E-state index in [0.717, 1.165) is 6.26 Å². The normalized spacial score (nSPS) is 12.0. The molecule has 0 fully saturated rings. The third kappa shape index (κ3) is 2.55. The van der Waals surface area contributed by atoms with E-state index in [1.807, 2.05) is 0 Å². The maximum absolute atomic E-state index is 11.6. The second-order valence-corrected chi connectivity index (χ2v) is 7.44. The van der Waals surface area contributed by atoms with Crippen LogP contribution in [0, 0.1) is 6.92 Å². The molecule has 0 aliphatic rings. The Morgan fingerprint density at radius 1 is 1.18 bits per heavy atom. The minimum atomic E-state index is -3.51. The van der Waals surface area contributed by atoms with Crippen LogP contribution in [0.1, 0.15) is 5.69 Å². The van der Waals surface area contributed by atoms with Crippen molar-refractivity contribution in [3.8, 4) is 5.69 Å². The number of fused-ring (bicyclic) bond motifs is 1. The minimum Gasteiger partial charge on any atom is -0.237 e. The summed E-state index contributed by atoms with van der Waals surface area (Å²) in [6.45, 7) is 1.70. The molecule has 114 valence electrons. The molecular formula is C13H10Cl2N4O2S. The van der Waals surface area contributed by atoms with Crippen LogP contribution in [-0.2, 0) is 9.84 Å². The molecule has 0 N–H and O–H groups in total. The number of halogens is 2. The van der Waals surface area contributed by atoms with Crippen LogP contribution in [-0.4, -0.2) is 34.4 Å². The molecule has 0 unspecified atom stereocenters. The predicted molar refractivity (Wildman–Crippen MR) is 84.5 cm³/mol. The van der Waals surface area contributed by atoms with Crippen LogP contribution in [0.5, 0.6) is 0 Å². The molecule has 0 radical (unpaired) electrons. The van der Waals surface area contributed by atoms with E-state index in [0.29, 0.717) is 26.8 Å². The van der Waals surface area contributed by atoms with Crippen LogP contribution >= 0.6 is 23.2 Å². The van der Waals surface area contributed by atoms with Gasteiger partial charge in [0, 0.05) is 12.5 Å². The first kappa shape index (κ1) is 15.2. The van der Waals surface area contributed by atoms with Gasteiger partial charge < -0.3 is 0 Å². The van der Waals surface area contributed by atoms with Crippen LogP contribution in [0.3, 0.4) is 0 Å². The number of nitrogens with zero attached hydrogens (tertiary/aromatic N) is 4. The maximum Gasteiger partial charge on any atom is 0.249 e. The lowest BCUT2D eigenvalue weighted by molar-refractivity contribution is 0.593. The smallest absolute Gasteiger partial charge is 0.237 e. The summed E-state index contributed by atoms with van der Waals surface area (Å²) in [5, 5.41) is 5.42. The van der Waals surface area contributed by atoms with Gasteiger partial charge in [0.1, 0.15) is 0 Å². The van der Waals surface area contributed by atoms with Crippen LogP contribution in [0.25, 0.3) is 16.7 Å². The molecule has 0 saturated heterocycles. The zero-order valence-electron chi connectivity index (χ0n) is 11.6. The lowest BCUT2D eigenvalue weighted by atomic mass is 10.3. The summed E-state index contributed by atoms with van der Waals surface area (Å²) in [5.41, 5.74) is 1.38. The lowest BCUT2D eigenvalue weighted by Crippen LogP contribution is -2.05. The van der Waals surface area contributed by atoms with Gasteiger partial charge in [-0.05, 0) is 19.1 Å². The fourth-order valence-corrected chi connectivity index (χ4v) is 2.92. The molecule has 0 spiro atoms. The molecule has 0 amide bonds. The van der Waals surface area contributed by atoms with Gasteiger partial charge in [-0.1, -0.05) is 29.3 Å². The van der Waals surface area contributed by atoms with Gasteiger partial charge in [-0.2, -0.15) is 4.98 Å². The van der Waals surface area contributed by atoms with Gasteiger partial charge in [0.05, 0.1) is 26.8 Å². The van der Waals surface area contributed by atoms with E-state index in [1.54, 1.807) is 31.3 Å². The number of hydrogen-bond donors (Lipinski definition) is 0. The molecule has 0 saturated carbocycles. The molecule has 2 aromatic heterocycles. The Bertz CT molecular complexity index is 999. The van der Waals surface area contributed by atoms with Crippen LogP contribution in [0.2, 0.25) is 10.0 Å². The van der Waals surface area contributed by atoms with Crippen molar-refractivity contribution in [3.63, 3.8) is 0 Å². The van der Waals surface area contributed by atoms with Crippen molar-refractivity contribution in [2.24, 2.45) is 0 Å². The highest BCUT2D eigenvalue weighted by atomic mass is 35.5. The van der Waals surface area contributed by atoms with Gasteiger partial charge in [0.2, 0.25) is 15.0 Å². The van der Waals surface area contributed by atoms with Gasteiger partial charge in [-0.3, -0.25) is 0 Å². The van der Waals surface area contributed by atoms with Gasteiger partial charge in [-0.15, -0.1) is 5.10 Å². The summed E-state index contributed by atoms with van der Waals surface area (Å²) in [4.78, 5) is 8.01. The average Bonchev–Trinajstić information content (AvgIpc) is 2.85. The summed E-state index contributed by atoms with van der Waals surface area (Å²) in [6.07, 6.45) is 2.74. The summed E-state index contributed by atoms with van der Waals surface area (Å²) >= 11 is 12.2. The number of aromatic nitrogens is 4. The zero-order valence-corrected chi connectivity index (χ0v) is 13.9. The molecule has 0 aliphatic heterocycles. The van der Waals surface area contributed by atoms with Crippen molar-refractivity contribution in [2.75, 3.05) is 6.26 Å². The van der Waals surface area contributed by atoms with E-state index in [1.165, 1.54) is 4.68 Å². The van der Waals surface area contributed by atoms with E-state index < -0.39 is 9.84 Å². The molecule has 9 heteroatoms. The first-order valence-corrected chi connectivity index (χ1v) is 8.80. The topological polar surface area (TPSA) is 77.7 Å². The van der Waals surface area contributed by atoms with E-state index >= 15 is 0 Å². The number of rotatable bonds is 2. The fraction of sp³-hybridized carbons (Fsp3) is 0.154. The van der Waals surface area contributed by atoms with E-state index in [2.05, 4.69) is 15.1 Å². The second-order valence-electron chi connectivity index (χ2n) is 4.75. The SMILES string of the molecule is Cc1nc(S(C)(=O)=O)nc2nn(-c3cccc(Cl)c3Cl)cc12. The predicted octanol–water partition coefficient (Wildman–Crippen LogP) is 2.83. The molecule has 0 bridgehead atoms. The highest BCUT2D eigenvalue weighted by molar-refractivity contribution is 7.90. The van der Waals surface area contributed by atoms with Crippen LogP contribution < -0.4 is 0 Å². The highest BCUT2D eigenvalue weighted by Crippen LogP contribution is 2.29. The highest BCUT2D eigenvalue weighted by Gasteiger charge is 2.17. The van der Waals surface area contributed by atoms with Crippen LogP contribution in [0.15, 0.2) is 29.6 Å². The minimum absolute atomic E-state index is 0.250. The Kier molecular flexibility index (Phi) is 3.58. The molecule has 3 rings (SSSR count). The molecule has 2 heterocycles. The summed E-state index contributed by atoms with van der Waals surface area (Å²) in [5.74, 6) is 0. The van der Waals surface area contributed by atoms with Crippen molar-refractivity contribution in [2.45, 2.75) is 12.1 Å². The van der Waals surface area contributed by atoms with E-state index in [4.69, 9.17) is 23.2 Å². The lowest BCUT2D eigenvalue weighted by Gasteiger charge is -2.04. The van der Waals surface area contributed by atoms with Gasteiger partial charge >= 0.3 is 0 Å². The summed E-state index contributed by atoms with van der Waals surface area (Å²) in [6, 6.07) is 5.17. The summed E-state index contributed by atoms with van der Waals surface area (Å²) in [7, 11) is -3.51. The van der Waals surface area contributed by atoms with Crippen molar-refractivity contribution >= 4 is 44.1 Å². The Labute approximate surface area is 136 Å². The van der Waals surface area contributed by atoms with Gasteiger partial charge in [0.15, 0.2) is 5.65 Å². The molecule has 6 nitrogen and oxygen atoms in total. The molecule has 0 aliphatic carbocycles. The number of aryl methyl sites for hydroxylation is 1. The molecule has 22 heavy (non-hydrogen) atoms. The maximum atomic E-state index is 11.6. The van der Waals surface area contributed by atoms with Crippen molar-refractivity contribution < 1.29 is 8.42 Å². The molecule has 0 atom stereocenters. The van der Waals surface area contributed by atoms with Crippen LogP contribution in [0.4, 0.5) is 0 Å². The monoisotopic (exact) mass is 356 g/mol. The van der Waals surface area contributed by atoms with Crippen molar-refractivity contribution in [1.82, 2.24) is 19.7 Å². The average molecular weight is 357 g/mol. The van der Waals surface area contributed by atoms with Crippen molar-refractivity contribution in [3.05, 3.63) is 40.1 Å². The number of hydrogen-bond acceptors (Lipinski definition) is 5. The first-order valence-electron chi connectivity index (χ1n) is 6.16. The second kappa shape index (κ2) is 5.19. The molecular weight excluding hydrogens is 347 g/mol. The third-order valence-corrected chi connectivity index (χ3v) is 4.71. The Hall–Kier alpha value is -1.70. The van der Waals surface area contributed by atoms with E-state index in [-0.39, 0.29) is 10.8 Å². The quantitative estimate of drug-likeness (QED) is 0.659. The summed E-state index contributed by atoms with van der Waals surface area (Å²) < 4.78 is 24.7. The standard InChI is InChI=1S/C13H10Cl2N4O2S/c1-7-8-6-19(10-5-3-4-9(14)11(10)15)18-12(8)17-13(16-7)22(2,20)21/h3-6H,1-2H3. The van der Waals surface area contributed by atoms with E-state index in [9.17, 15) is 8.42 Å². The Morgan fingerprint density at radius 2 is 1.91 bits per heavy atom. The Morgan fingerprint density at radius 3 is 2.59 bits per heavy atom. The number of sulfone groups is 1. The third-order valence-electron chi connectivity index (χ3n) is 3.06. The van der Waals surface area contributed by atoms with Gasteiger partial charge in [0.25, 0.3) is 0 Å². The molecule has 3 aromatic rings. The number of benzene rings is 1. The largest absolute Gasteiger partial charge is 0.249 e. The fourth-order valence-electron chi connectivity index (χ4n) is 1.98. The van der Waals surface area contributed by atoms with Gasteiger partial charge in [-0.25, -0.2) is 18.1 Å². The molecule has 1 aromatic carbocycles. The Balaban J connectivity index is 2.26. The van der Waals surface area contributed by atoms with Crippen molar-refractivity contribution in [1.29, 1.82) is 0 Å². The first-order chi connectivity index (χ1) is 10.3.